The van der Waals surface area contributed by atoms with Gasteiger partial charge >= 0.3 is 0 Å². The molecular formula is C15H16N6O2S2. The molecule has 3 aromatic heterocycles. The summed E-state index contributed by atoms with van der Waals surface area (Å²) in [4.78, 5) is 30.7. The maximum absolute atomic E-state index is 12.5. The number of carbonyl (C=O) groups excluding carboxylic acids is 1. The summed E-state index contributed by atoms with van der Waals surface area (Å²) < 4.78 is 2.90. The molecule has 0 aromatic carbocycles. The van der Waals surface area contributed by atoms with E-state index in [1.54, 1.807) is 17.0 Å². The first-order valence-electron chi connectivity index (χ1n) is 7.40. The van der Waals surface area contributed by atoms with Crippen molar-refractivity contribution in [3.05, 3.63) is 46.1 Å². The largest absolute Gasteiger partial charge is 0.305 e. The van der Waals surface area contributed by atoms with E-state index >= 15 is 0 Å². The Morgan fingerprint density at radius 2 is 2.24 bits per heavy atom. The van der Waals surface area contributed by atoms with Crippen molar-refractivity contribution in [2.45, 2.75) is 25.5 Å². The van der Waals surface area contributed by atoms with Crippen LogP contribution in [0, 0.1) is 13.8 Å². The number of carbonyl (C=O) groups is 1. The number of nitrogens with one attached hydrogen (secondary N) is 1. The fourth-order valence-corrected chi connectivity index (χ4v) is 3.94. The zero-order valence-electron chi connectivity index (χ0n) is 13.7. The monoisotopic (exact) mass is 376 g/mol. The van der Waals surface area contributed by atoms with E-state index in [2.05, 4.69) is 27.2 Å². The zero-order chi connectivity index (χ0) is 18.0. The average molecular weight is 376 g/mol. The first-order valence-corrected chi connectivity index (χ1v) is 9.20. The van der Waals surface area contributed by atoms with E-state index in [0.717, 1.165) is 15.1 Å². The topological polar surface area (TPSA) is 94.7 Å². The third kappa shape index (κ3) is 3.49. The molecule has 1 N–H and O–H groups in total. The minimum atomic E-state index is -0.328. The van der Waals surface area contributed by atoms with E-state index in [4.69, 9.17) is 0 Å². The van der Waals surface area contributed by atoms with Crippen LogP contribution in [0.4, 0.5) is 0 Å². The van der Waals surface area contributed by atoms with Gasteiger partial charge in [-0.25, -0.2) is 9.66 Å². The highest BCUT2D eigenvalue weighted by Gasteiger charge is 2.14. The Kier molecular flexibility index (Phi) is 5.00. The average Bonchev–Trinajstić information content (AvgIpc) is 3.14. The molecule has 0 saturated heterocycles. The number of allylic oxidation sites excluding steroid dienone is 1. The standard InChI is InChI=1S/C15H16N6O2S2/c1-4-5-20-8-17-18-15(20)24-6-11(22)19-21-7-16-13-12(14(21)23)9(2)10(3)25-13/h4,7-8H,1,5-6H2,2-3H3,(H,19,22). The molecule has 3 aromatic rings. The Hall–Kier alpha value is -2.46. The van der Waals surface area contributed by atoms with Crippen molar-refractivity contribution >= 4 is 39.2 Å². The molecular weight excluding hydrogens is 360 g/mol. The van der Waals surface area contributed by atoms with Crippen LogP contribution in [-0.2, 0) is 11.3 Å². The summed E-state index contributed by atoms with van der Waals surface area (Å²) in [7, 11) is 0. The van der Waals surface area contributed by atoms with Gasteiger partial charge in [0.05, 0.1) is 11.1 Å². The van der Waals surface area contributed by atoms with Crippen molar-refractivity contribution in [1.29, 1.82) is 0 Å². The number of rotatable bonds is 6. The van der Waals surface area contributed by atoms with Crippen molar-refractivity contribution in [2.24, 2.45) is 0 Å². The predicted octanol–water partition coefficient (Wildman–Crippen LogP) is 1.71. The van der Waals surface area contributed by atoms with Gasteiger partial charge in [-0.1, -0.05) is 17.8 Å². The lowest BCUT2D eigenvalue weighted by atomic mass is 10.2. The molecule has 10 heteroatoms. The number of hydrogen-bond donors (Lipinski definition) is 1. The number of nitrogens with zero attached hydrogens (tertiary/aromatic N) is 5. The van der Waals surface area contributed by atoms with Gasteiger partial charge in [-0.15, -0.1) is 28.1 Å². The zero-order valence-corrected chi connectivity index (χ0v) is 15.4. The summed E-state index contributed by atoms with van der Waals surface area (Å²) in [6.07, 6.45) is 4.63. The maximum Gasteiger partial charge on any atom is 0.281 e. The lowest BCUT2D eigenvalue weighted by Crippen LogP contribution is -2.34. The van der Waals surface area contributed by atoms with Crippen LogP contribution in [0.3, 0.4) is 0 Å². The molecule has 3 rings (SSSR count). The molecule has 0 bridgehead atoms. The van der Waals surface area contributed by atoms with Gasteiger partial charge in [0.2, 0.25) is 5.91 Å². The number of hydrogen-bond acceptors (Lipinski definition) is 7. The van der Waals surface area contributed by atoms with Gasteiger partial charge in [-0.2, -0.15) is 0 Å². The summed E-state index contributed by atoms with van der Waals surface area (Å²) in [6, 6.07) is 0. The van der Waals surface area contributed by atoms with Crippen LogP contribution in [-0.4, -0.2) is 36.1 Å². The van der Waals surface area contributed by atoms with Gasteiger partial charge in [0.25, 0.3) is 5.56 Å². The number of amides is 1. The SMILES string of the molecule is C=CCn1cnnc1SCC(=O)Nn1cnc2sc(C)c(C)c2c1=O. The molecule has 0 saturated carbocycles. The fourth-order valence-electron chi connectivity index (χ4n) is 2.23. The maximum atomic E-state index is 12.5. The normalized spacial score (nSPS) is 11.0. The molecule has 0 aliphatic heterocycles. The summed E-state index contributed by atoms with van der Waals surface area (Å²) in [5.41, 5.74) is 3.18. The van der Waals surface area contributed by atoms with Crippen LogP contribution in [0.5, 0.6) is 0 Å². The van der Waals surface area contributed by atoms with Gasteiger partial charge in [0.15, 0.2) is 5.16 Å². The van der Waals surface area contributed by atoms with Gasteiger partial charge in [-0.05, 0) is 19.4 Å². The van der Waals surface area contributed by atoms with Crippen molar-refractivity contribution in [3.63, 3.8) is 0 Å². The van der Waals surface area contributed by atoms with Crippen molar-refractivity contribution in [1.82, 2.24) is 24.4 Å². The van der Waals surface area contributed by atoms with E-state index in [1.807, 2.05) is 13.8 Å². The van der Waals surface area contributed by atoms with Crippen LogP contribution in [0.1, 0.15) is 10.4 Å². The molecule has 0 fully saturated rings. The van der Waals surface area contributed by atoms with E-state index in [0.29, 0.717) is 21.9 Å². The fraction of sp³-hybridized carbons (Fsp3) is 0.267. The molecule has 3 heterocycles. The molecule has 0 unspecified atom stereocenters. The molecule has 0 aliphatic carbocycles. The van der Waals surface area contributed by atoms with Gasteiger partial charge < -0.3 is 4.57 Å². The van der Waals surface area contributed by atoms with Crippen molar-refractivity contribution in [3.8, 4) is 0 Å². The second kappa shape index (κ2) is 7.19. The number of fused-ring (bicyclic) bond motifs is 1. The molecule has 25 heavy (non-hydrogen) atoms. The van der Waals surface area contributed by atoms with Gasteiger partial charge in [-0.3, -0.25) is 15.0 Å². The van der Waals surface area contributed by atoms with Crippen LogP contribution in [0.2, 0.25) is 0 Å². The van der Waals surface area contributed by atoms with Crippen LogP contribution >= 0.6 is 23.1 Å². The molecule has 0 aliphatic rings. The van der Waals surface area contributed by atoms with Crippen LogP contribution in [0.15, 0.2) is 35.3 Å². The van der Waals surface area contributed by atoms with E-state index in [-0.39, 0.29) is 17.2 Å². The second-order valence-corrected chi connectivity index (χ2v) is 7.41. The van der Waals surface area contributed by atoms with E-state index in [9.17, 15) is 9.59 Å². The second-order valence-electron chi connectivity index (χ2n) is 5.26. The smallest absolute Gasteiger partial charge is 0.281 e. The summed E-state index contributed by atoms with van der Waals surface area (Å²) in [5.74, 6) is -0.229. The lowest BCUT2D eigenvalue weighted by molar-refractivity contribution is -0.114. The Bertz CT molecular complexity index is 1000. The number of thioether (sulfide) groups is 1. The van der Waals surface area contributed by atoms with E-state index in [1.165, 1.54) is 29.4 Å². The summed E-state index contributed by atoms with van der Waals surface area (Å²) in [6.45, 7) is 8.05. The quantitative estimate of drug-likeness (QED) is 0.520. The Balaban J connectivity index is 1.73. The first kappa shape index (κ1) is 17.4. The van der Waals surface area contributed by atoms with Crippen molar-refractivity contribution < 1.29 is 4.79 Å². The summed E-state index contributed by atoms with van der Waals surface area (Å²) >= 11 is 2.70. The highest BCUT2D eigenvalue weighted by molar-refractivity contribution is 7.99. The molecule has 0 atom stereocenters. The van der Waals surface area contributed by atoms with Crippen molar-refractivity contribution in [2.75, 3.05) is 11.2 Å². The first-order chi connectivity index (χ1) is 12.0. The minimum absolute atomic E-state index is 0.0992. The van der Waals surface area contributed by atoms with Gasteiger partial charge in [0.1, 0.15) is 17.5 Å². The highest BCUT2D eigenvalue weighted by atomic mass is 32.2. The summed E-state index contributed by atoms with van der Waals surface area (Å²) in [5, 5.41) is 8.92. The molecule has 8 nitrogen and oxygen atoms in total. The number of aromatic nitrogens is 5. The number of thiophene rings is 1. The van der Waals surface area contributed by atoms with Crippen LogP contribution in [0.25, 0.3) is 10.2 Å². The molecule has 130 valence electrons. The molecule has 1 amide bonds. The van der Waals surface area contributed by atoms with Crippen LogP contribution < -0.4 is 11.0 Å². The number of aryl methyl sites for hydroxylation is 2. The Morgan fingerprint density at radius 1 is 1.44 bits per heavy atom. The van der Waals surface area contributed by atoms with Gasteiger partial charge in [0, 0.05) is 11.4 Å². The third-order valence-electron chi connectivity index (χ3n) is 3.57. The Labute approximate surface area is 151 Å². The molecule has 0 spiro atoms. The Morgan fingerprint density at radius 3 is 3.00 bits per heavy atom. The van der Waals surface area contributed by atoms with E-state index < -0.39 is 0 Å². The predicted molar refractivity (Wildman–Crippen MR) is 98.7 cm³/mol. The third-order valence-corrected chi connectivity index (χ3v) is 5.67. The highest BCUT2D eigenvalue weighted by Crippen LogP contribution is 2.25. The molecule has 0 radical (unpaired) electrons. The lowest BCUT2D eigenvalue weighted by Gasteiger charge is -2.07. The minimum Gasteiger partial charge on any atom is -0.305 e.